The number of fused-ring (bicyclic) bond motifs is 1. The van der Waals surface area contributed by atoms with E-state index in [-0.39, 0.29) is 23.9 Å². The van der Waals surface area contributed by atoms with Crippen molar-refractivity contribution >= 4 is 33.0 Å². The highest BCUT2D eigenvalue weighted by molar-refractivity contribution is 9.10. The molecule has 0 atom stereocenters. The number of halogens is 2. The number of methoxy groups -OCH3 is 1. The minimum Gasteiger partial charge on any atom is -0.493 e. The number of hydrogen-bond donors (Lipinski definition) is 0. The Morgan fingerprint density at radius 3 is 2.62 bits per heavy atom. The van der Waals surface area contributed by atoms with Crippen molar-refractivity contribution in [2.24, 2.45) is 5.10 Å². The average Bonchev–Trinajstić information content (AvgIpc) is 2.83. The predicted molar refractivity (Wildman–Crippen MR) is 135 cm³/mol. The molecule has 0 saturated carbocycles. The van der Waals surface area contributed by atoms with Gasteiger partial charge in [0, 0.05) is 16.0 Å². The maximum Gasteiger partial charge on any atom is 0.282 e. The van der Waals surface area contributed by atoms with Crippen LogP contribution in [-0.2, 0) is 6.61 Å². The molecular weight excluding hydrogens is 501 g/mol. The molecule has 174 valence electrons. The minimum atomic E-state index is -0.309. The summed E-state index contributed by atoms with van der Waals surface area (Å²) < 4.78 is 26.8. The van der Waals surface area contributed by atoms with E-state index in [9.17, 15) is 9.18 Å². The monoisotopic (exact) mass is 523 g/mol. The number of rotatable bonds is 7. The van der Waals surface area contributed by atoms with Gasteiger partial charge in [-0.15, -0.1) is 0 Å². The summed E-state index contributed by atoms with van der Waals surface area (Å²) >= 11 is 3.41. The van der Waals surface area contributed by atoms with Gasteiger partial charge in [-0.25, -0.2) is 9.37 Å². The molecule has 1 heterocycles. The molecule has 0 radical (unpaired) electrons. The van der Waals surface area contributed by atoms with E-state index in [0.29, 0.717) is 33.8 Å². The van der Waals surface area contributed by atoms with Gasteiger partial charge in [0.15, 0.2) is 11.5 Å². The van der Waals surface area contributed by atoms with Crippen LogP contribution in [0.5, 0.6) is 11.5 Å². The van der Waals surface area contributed by atoms with Crippen LogP contribution < -0.4 is 15.0 Å². The number of hydrogen-bond acceptors (Lipinski definition) is 5. The lowest BCUT2D eigenvalue weighted by atomic mass is 10.2. The van der Waals surface area contributed by atoms with Crippen LogP contribution in [0.1, 0.15) is 36.7 Å². The molecule has 0 amide bonds. The van der Waals surface area contributed by atoms with Crippen LogP contribution in [0.2, 0.25) is 0 Å². The molecular formula is C26H23BrFN3O3. The fourth-order valence-electron chi connectivity index (χ4n) is 3.46. The molecule has 0 N–H and O–H groups in total. The molecule has 0 fully saturated rings. The van der Waals surface area contributed by atoms with Crippen LogP contribution in [0, 0.1) is 5.82 Å². The first-order chi connectivity index (χ1) is 16.4. The molecule has 0 unspecified atom stereocenters. The Kier molecular flexibility index (Phi) is 7.07. The van der Waals surface area contributed by atoms with Gasteiger partial charge < -0.3 is 9.47 Å². The molecule has 0 aliphatic carbocycles. The van der Waals surface area contributed by atoms with Crippen molar-refractivity contribution in [2.45, 2.75) is 26.4 Å². The normalized spacial score (nSPS) is 11.5. The predicted octanol–water partition coefficient (Wildman–Crippen LogP) is 5.89. The van der Waals surface area contributed by atoms with Crippen molar-refractivity contribution in [3.63, 3.8) is 0 Å². The second-order valence-electron chi connectivity index (χ2n) is 7.94. The van der Waals surface area contributed by atoms with Crippen molar-refractivity contribution in [2.75, 3.05) is 7.11 Å². The highest BCUT2D eigenvalue weighted by Gasteiger charge is 2.15. The lowest BCUT2D eigenvalue weighted by Crippen LogP contribution is -2.23. The quantitative estimate of drug-likeness (QED) is 0.283. The summed E-state index contributed by atoms with van der Waals surface area (Å²) in [6.07, 6.45) is 1.56. The summed E-state index contributed by atoms with van der Waals surface area (Å²) in [6, 6.07) is 16.9. The van der Waals surface area contributed by atoms with E-state index in [4.69, 9.17) is 9.47 Å². The topological polar surface area (TPSA) is 65.7 Å². The second kappa shape index (κ2) is 10.2. The lowest BCUT2D eigenvalue weighted by Gasteiger charge is -2.14. The van der Waals surface area contributed by atoms with Gasteiger partial charge in [0.05, 0.1) is 24.2 Å². The molecule has 6 nitrogen and oxygen atoms in total. The van der Waals surface area contributed by atoms with E-state index in [1.807, 2.05) is 38.1 Å². The Morgan fingerprint density at radius 2 is 1.91 bits per heavy atom. The summed E-state index contributed by atoms with van der Waals surface area (Å²) in [6.45, 7) is 4.13. The van der Waals surface area contributed by atoms with Crippen LogP contribution in [0.4, 0.5) is 4.39 Å². The summed E-state index contributed by atoms with van der Waals surface area (Å²) in [5.41, 5.74) is 1.78. The molecule has 0 saturated heterocycles. The number of ether oxygens (including phenoxy) is 2. The average molecular weight is 524 g/mol. The Bertz CT molecular complexity index is 1420. The van der Waals surface area contributed by atoms with Gasteiger partial charge in [0.2, 0.25) is 0 Å². The zero-order valence-corrected chi connectivity index (χ0v) is 20.5. The van der Waals surface area contributed by atoms with Crippen molar-refractivity contribution < 1.29 is 13.9 Å². The first-order valence-electron chi connectivity index (χ1n) is 10.7. The zero-order valence-electron chi connectivity index (χ0n) is 19.0. The van der Waals surface area contributed by atoms with Gasteiger partial charge in [-0.3, -0.25) is 4.79 Å². The summed E-state index contributed by atoms with van der Waals surface area (Å²) in [5.74, 6) is 1.19. The fraction of sp³-hybridized carbons (Fsp3) is 0.192. The molecule has 34 heavy (non-hydrogen) atoms. The maximum absolute atomic E-state index is 13.3. The fourth-order valence-corrected chi connectivity index (χ4v) is 3.82. The molecule has 0 aliphatic rings. The number of aromatic nitrogens is 2. The first-order valence-corrected chi connectivity index (χ1v) is 11.5. The van der Waals surface area contributed by atoms with E-state index in [2.05, 4.69) is 26.0 Å². The molecule has 0 aliphatic heterocycles. The largest absolute Gasteiger partial charge is 0.493 e. The Hall–Kier alpha value is -3.52. The standard InChI is InChI=1S/C26H23BrFN3O3/c1-16(2)25-30-22-12-9-19(27)13-21(22)26(32)31(25)29-14-18-5-4-6-23(33-3)24(18)34-15-17-7-10-20(28)11-8-17/h4-14,16H,15H2,1-3H3. The summed E-state index contributed by atoms with van der Waals surface area (Å²) in [5, 5.41) is 4.96. The summed E-state index contributed by atoms with van der Waals surface area (Å²) in [4.78, 5) is 17.9. The van der Waals surface area contributed by atoms with Crippen LogP contribution in [-0.4, -0.2) is 23.0 Å². The summed E-state index contributed by atoms with van der Waals surface area (Å²) in [7, 11) is 1.55. The third kappa shape index (κ3) is 5.02. The van der Waals surface area contributed by atoms with Gasteiger partial charge in [-0.2, -0.15) is 9.78 Å². The second-order valence-corrected chi connectivity index (χ2v) is 8.86. The highest BCUT2D eigenvalue weighted by atomic mass is 79.9. The third-order valence-electron chi connectivity index (χ3n) is 5.19. The Morgan fingerprint density at radius 1 is 1.15 bits per heavy atom. The van der Waals surface area contributed by atoms with Gasteiger partial charge >= 0.3 is 0 Å². The maximum atomic E-state index is 13.3. The number of benzene rings is 3. The molecule has 0 spiro atoms. The van der Waals surface area contributed by atoms with Crippen LogP contribution in [0.15, 0.2) is 75.0 Å². The van der Waals surface area contributed by atoms with Crippen molar-refractivity contribution in [3.8, 4) is 11.5 Å². The lowest BCUT2D eigenvalue weighted by molar-refractivity contribution is 0.284. The molecule has 3 aromatic carbocycles. The first kappa shape index (κ1) is 23.6. The van der Waals surface area contributed by atoms with Crippen LogP contribution in [0.25, 0.3) is 10.9 Å². The number of nitrogens with zero attached hydrogens (tertiary/aromatic N) is 3. The van der Waals surface area contributed by atoms with Gasteiger partial charge in [-0.1, -0.05) is 48.0 Å². The highest BCUT2D eigenvalue weighted by Crippen LogP contribution is 2.31. The van der Waals surface area contributed by atoms with E-state index in [1.54, 1.807) is 37.6 Å². The molecule has 0 bridgehead atoms. The van der Waals surface area contributed by atoms with Gasteiger partial charge in [-0.05, 0) is 48.0 Å². The van der Waals surface area contributed by atoms with Crippen molar-refractivity contribution in [3.05, 3.63) is 98.3 Å². The third-order valence-corrected chi connectivity index (χ3v) is 5.68. The molecule has 1 aromatic heterocycles. The number of para-hydroxylation sites is 1. The van der Waals surface area contributed by atoms with Gasteiger partial charge in [0.1, 0.15) is 18.2 Å². The Balaban J connectivity index is 1.75. The Labute approximate surface area is 204 Å². The molecule has 4 rings (SSSR count). The van der Waals surface area contributed by atoms with Crippen molar-refractivity contribution in [1.29, 1.82) is 0 Å². The van der Waals surface area contributed by atoms with E-state index >= 15 is 0 Å². The zero-order chi connectivity index (χ0) is 24.2. The van der Waals surface area contributed by atoms with Crippen LogP contribution >= 0.6 is 15.9 Å². The van der Waals surface area contributed by atoms with E-state index in [1.165, 1.54) is 16.8 Å². The van der Waals surface area contributed by atoms with E-state index in [0.717, 1.165) is 10.0 Å². The van der Waals surface area contributed by atoms with Crippen LogP contribution in [0.3, 0.4) is 0 Å². The van der Waals surface area contributed by atoms with Crippen molar-refractivity contribution in [1.82, 2.24) is 9.66 Å². The molecule has 4 aromatic rings. The smallest absolute Gasteiger partial charge is 0.282 e. The minimum absolute atomic E-state index is 0.0302. The van der Waals surface area contributed by atoms with Gasteiger partial charge in [0.25, 0.3) is 5.56 Å². The van der Waals surface area contributed by atoms with E-state index < -0.39 is 0 Å². The SMILES string of the molecule is COc1cccc(C=Nn2c(C(C)C)nc3ccc(Br)cc3c2=O)c1OCc1ccc(F)cc1. The molecule has 8 heteroatoms.